The Morgan fingerprint density at radius 3 is 2.41 bits per heavy atom. The number of nitrogens with zero attached hydrogens (tertiary/aromatic N) is 7. The Hall–Kier alpha value is -3.73. The molecule has 1 aliphatic carbocycles. The van der Waals surface area contributed by atoms with Crippen LogP contribution in [-0.4, -0.2) is 62.3 Å². The van der Waals surface area contributed by atoms with E-state index in [0.29, 0.717) is 23.4 Å². The Morgan fingerprint density at radius 1 is 0.946 bits per heavy atom. The lowest BCUT2D eigenvalue weighted by Crippen LogP contribution is -2.52. The van der Waals surface area contributed by atoms with Crippen molar-refractivity contribution >= 4 is 5.69 Å². The number of hydrogen-bond acceptors (Lipinski definition) is 7. The second-order valence-corrected chi connectivity index (χ2v) is 9.52. The third kappa shape index (κ3) is 4.95. The lowest BCUT2D eigenvalue weighted by Gasteiger charge is -2.43. The summed E-state index contributed by atoms with van der Waals surface area (Å²) in [6.45, 7) is 4.33. The molecule has 2 aromatic carbocycles. The number of anilines is 1. The Kier molecular flexibility index (Phi) is 6.37. The first kappa shape index (κ1) is 23.7. The fraction of sp³-hybridized carbons (Fsp3) is 0.385. The lowest BCUT2D eigenvalue weighted by molar-refractivity contribution is 0.116. The maximum Gasteiger partial charge on any atom is 0.314 e. The SMILES string of the molecule is Fc1ccc(N2CCN(C3CCC3)CC2)cc1-c1cn(Cc2ccc(-c3nnc(C(F)F)o3)cc2)nn1. The Bertz CT molecular complexity index is 1360. The van der Waals surface area contributed by atoms with Crippen LogP contribution in [0.2, 0.25) is 0 Å². The summed E-state index contributed by atoms with van der Waals surface area (Å²) in [5.41, 5.74) is 3.31. The van der Waals surface area contributed by atoms with Crippen LogP contribution in [0.5, 0.6) is 0 Å². The van der Waals surface area contributed by atoms with Crippen molar-refractivity contribution in [3.63, 3.8) is 0 Å². The van der Waals surface area contributed by atoms with Crippen LogP contribution < -0.4 is 4.90 Å². The fourth-order valence-corrected chi connectivity index (χ4v) is 4.88. The van der Waals surface area contributed by atoms with E-state index in [9.17, 15) is 13.2 Å². The molecule has 1 aliphatic heterocycles. The van der Waals surface area contributed by atoms with E-state index in [-0.39, 0.29) is 11.7 Å². The van der Waals surface area contributed by atoms with E-state index in [1.165, 1.54) is 25.3 Å². The molecule has 6 rings (SSSR count). The molecular formula is C26H26F3N7O. The van der Waals surface area contributed by atoms with Crippen molar-refractivity contribution in [1.29, 1.82) is 0 Å². The van der Waals surface area contributed by atoms with Crippen LogP contribution in [0.3, 0.4) is 0 Å². The van der Waals surface area contributed by atoms with E-state index >= 15 is 0 Å². The molecular weight excluding hydrogens is 483 g/mol. The highest BCUT2D eigenvalue weighted by molar-refractivity contribution is 5.66. The monoisotopic (exact) mass is 509 g/mol. The smallest absolute Gasteiger partial charge is 0.314 e. The number of benzene rings is 2. The molecule has 11 heteroatoms. The minimum absolute atomic E-state index is 0.0321. The van der Waals surface area contributed by atoms with Crippen LogP contribution in [0.1, 0.15) is 37.1 Å². The Morgan fingerprint density at radius 2 is 1.73 bits per heavy atom. The van der Waals surface area contributed by atoms with Gasteiger partial charge in [0.2, 0.25) is 5.89 Å². The molecule has 0 N–H and O–H groups in total. The van der Waals surface area contributed by atoms with Gasteiger partial charge in [0.1, 0.15) is 11.5 Å². The number of alkyl halides is 2. The second kappa shape index (κ2) is 9.97. The maximum absolute atomic E-state index is 14.8. The molecule has 192 valence electrons. The van der Waals surface area contributed by atoms with Crippen molar-refractivity contribution in [3.05, 3.63) is 65.9 Å². The third-order valence-electron chi connectivity index (χ3n) is 7.21. The van der Waals surface area contributed by atoms with Gasteiger partial charge in [0.25, 0.3) is 5.89 Å². The zero-order valence-corrected chi connectivity index (χ0v) is 20.1. The summed E-state index contributed by atoms with van der Waals surface area (Å²) in [6.07, 6.45) is 2.86. The molecule has 0 unspecified atom stereocenters. The number of hydrogen-bond donors (Lipinski definition) is 0. The summed E-state index contributed by atoms with van der Waals surface area (Å²) < 4.78 is 46.8. The molecule has 0 spiro atoms. The minimum Gasteiger partial charge on any atom is -0.415 e. The van der Waals surface area contributed by atoms with Gasteiger partial charge in [0.15, 0.2) is 0 Å². The summed E-state index contributed by atoms with van der Waals surface area (Å²) in [5, 5.41) is 15.4. The largest absolute Gasteiger partial charge is 0.415 e. The minimum atomic E-state index is -2.81. The average molecular weight is 510 g/mol. The lowest BCUT2D eigenvalue weighted by atomic mass is 9.91. The van der Waals surface area contributed by atoms with Gasteiger partial charge in [-0.3, -0.25) is 4.90 Å². The number of rotatable bonds is 7. The first-order valence-electron chi connectivity index (χ1n) is 12.4. The highest BCUT2D eigenvalue weighted by Gasteiger charge is 2.28. The topological polar surface area (TPSA) is 76.1 Å². The van der Waals surface area contributed by atoms with Crippen LogP contribution in [0.25, 0.3) is 22.7 Å². The van der Waals surface area contributed by atoms with Crippen LogP contribution in [-0.2, 0) is 6.54 Å². The zero-order valence-electron chi connectivity index (χ0n) is 20.1. The highest BCUT2D eigenvalue weighted by Crippen LogP contribution is 2.30. The van der Waals surface area contributed by atoms with Crippen LogP contribution in [0, 0.1) is 5.82 Å². The maximum atomic E-state index is 14.8. The summed E-state index contributed by atoms with van der Waals surface area (Å²) in [4.78, 5) is 4.88. The summed E-state index contributed by atoms with van der Waals surface area (Å²) in [6, 6.07) is 13.0. The number of piperazine rings is 1. The highest BCUT2D eigenvalue weighted by atomic mass is 19.3. The Labute approximate surface area is 211 Å². The van der Waals surface area contributed by atoms with Gasteiger partial charge in [0, 0.05) is 49.0 Å². The normalized spacial score (nSPS) is 16.9. The van der Waals surface area contributed by atoms with Gasteiger partial charge in [-0.25, -0.2) is 9.07 Å². The molecule has 8 nitrogen and oxygen atoms in total. The van der Waals surface area contributed by atoms with E-state index in [0.717, 1.165) is 43.5 Å². The molecule has 1 saturated carbocycles. The average Bonchev–Trinajstić information content (AvgIpc) is 3.55. The predicted octanol–water partition coefficient (Wildman–Crippen LogP) is 4.79. The Balaban J connectivity index is 1.13. The van der Waals surface area contributed by atoms with Crippen LogP contribution in [0.15, 0.2) is 53.1 Å². The van der Waals surface area contributed by atoms with Gasteiger partial charge in [-0.2, -0.15) is 8.78 Å². The van der Waals surface area contributed by atoms with Crippen molar-refractivity contribution in [2.75, 3.05) is 31.1 Å². The molecule has 0 radical (unpaired) electrons. The van der Waals surface area contributed by atoms with E-state index in [1.54, 1.807) is 23.0 Å². The van der Waals surface area contributed by atoms with E-state index in [4.69, 9.17) is 4.42 Å². The first-order valence-corrected chi connectivity index (χ1v) is 12.4. The summed E-state index contributed by atoms with van der Waals surface area (Å²) in [5.74, 6) is -1.01. The molecule has 2 aliphatic rings. The zero-order chi connectivity index (χ0) is 25.4. The van der Waals surface area contributed by atoms with Crippen LogP contribution >= 0.6 is 0 Å². The van der Waals surface area contributed by atoms with Gasteiger partial charge in [0.05, 0.1) is 12.7 Å². The van der Waals surface area contributed by atoms with Crippen molar-refractivity contribution in [2.24, 2.45) is 0 Å². The molecule has 1 saturated heterocycles. The molecule has 37 heavy (non-hydrogen) atoms. The molecule has 2 fully saturated rings. The van der Waals surface area contributed by atoms with Crippen molar-refractivity contribution < 1.29 is 17.6 Å². The van der Waals surface area contributed by atoms with E-state index in [2.05, 4.69) is 30.3 Å². The van der Waals surface area contributed by atoms with Crippen molar-refractivity contribution in [2.45, 2.75) is 38.3 Å². The van der Waals surface area contributed by atoms with Crippen molar-refractivity contribution in [1.82, 2.24) is 30.1 Å². The third-order valence-corrected chi connectivity index (χ3v) is 7.21. The van der Waals surface area contributed by atoms with Crippen molar-refractivity contribution in [3.8, 4) is 22.7 Å². The molecule has 2 aromatic heterocycles. The fourth-order valence-electron chi connectivity index (χ4n) is 4.88. The van der Waals surface area contributed by atoms with E-state index in [1.807, 2.05) is 24.3 Å². The molecule has 0 amide bonds. The number of aromatic nitrogens is 5. The van der Waals surface area contributed by atoms with Crippen LogP contribution in [0.4, 0.5) is 18.9 Å². The van der Waals surface area contributed by atoms with Gasteiger partial charge in [-0.1, -0.05) is 23.8 Å². The summed E-state index contributed by atoms with van der Waals surface area (Å²) >= 11 is 0. The quantitative estimate of drug-likeness (QED) is 0.354. The molecule has 0 atom stereocenters. The van der Waals surface area contributed by atoms with Gasteiger partial charge < -0.3 is 9.32 Å². The van der Waals surface area contributed by atoms with E-state index < -0.39 is 12.3 Å². The molecule has 3 heterocycles. The van der Waals surface area contributed by atoms with Gasteiger partial charge in [-0.15, -0.1) is 15.3 Å². The van der Waals surface area contributed by atoms with Gasteiger partial charge >= 0.3 is 6.43 Å². The predicted molar refractivity (Wildman–Crippen MR) is 131 cm³/mol. The molecule has 0 bridgehead atoms. The standard InChI is InChI=1S/C26H26F3N7O/c27-22-9-8-20(35-12-10-34(11-13-35)19-2-1-3-19)14-21(22)23-16-36(33-30-23)15-17-4-6-18(7-5-17)25-31-32-26(37-25)24(28)29/h4-9,14,16,19,24H,1-3,10-13,15H2. The second-order valence-electron chi connectivity index (χ2n) is 9.52. The molecule has 4 aromatic rings. The summed E-state index contributed by atoms with van der Waals surface area (Å²) in [7, 11) is 0. The number of halogens is 3. The first-order chi connectivity index (χ1) is 18.0. The van der Waals surface area contributed by atoms with Gasteiger partial charge in [-0.05, 0) is 48.7 Å².